The molecule has 0 unspecified atom stereocenters. The Kier molecular flexibility index (Phi) is 8.59. The molecule has 37 heavy (non-hydrogen) atoms. The Bertz CT molecular complexity index is 1290. The van der Waals surface area contributed by atoms with Crippen LogP contribution in [-0.4, -0.2) is 90.1 Å². The minimum Gasteiger partial charge on any atom is -0.379 e. The molecule has 1 N–H and O–H groups in total. The number of nitrogens with one attached hydrogen (secondary N) is 1. The van der Waals surface area contributed by atoms with Crippen molar-refractivity contribution >= 4 is 62.2 Å². The first-order valence-electron chi connectivity index (χ1n) is 12.4. The van der Waals surface area contributed by atoms with Gasteiger partial charge < -0.3 is 19.9 Å². The van der Waals surface area contributed by atoms with E-state index in [2.05, 4.69) is 32.1 Å². The van der Waals surface area contributed by atoms with Gasteiger partial charge in [0.15, 0.2) is 0 Å². The standard InChI is InChI=1S/C26H30Cl2N6O2S/c1-32(9-10-33-11-13-36-14-12-33)7-2-3-23(35)34-8-6-19-22(16-34)37-26-24(19)25(29-17-30-26)31-18-4-5-20(27)21(28)15-18/h2-5,15,17H,6-14,16H2,1H3,(H,29,30,31). The van der Waals surface area contributed by atoms with Gasteiger partial charge in [-0.2, -0.15) is 0 Å². The third kappa shape index (κ3) is 6.42. The number of morpholine rings is 1. The van der Waals surface area contributed by atoms with Gasteiger partial charge in [0, 0.05) is 55.9 Å². The SMILES string of the molecule is CN(CC=CC(=O)N1CCc2c(sc3ncnc(Nc4ccc(Cl)c(Cl)c4)c23)C1)CCN1CCOCC1. The number of anilines is 2. The summed E-state index contributed by atoms with van der Waals surface area (Å²) in [6.45, 7) is 7.60. The number of aromatic nitrogens is 2. The number of benzene rings is 1. The van der Waals surface area contributed by atoms with Crippen LogP contribution in [0.1, 0.15) is 10.4 Å². The maximum absolute atomic E-state index is 12.9. The Morgan fingerprint density at radius 3 is 2.86 bits per heavy atom. The molecule has 0 saturated carbocycles. The molecule has 0 spiro atoms. The van der Waals surface area contributed by atoms with E-state index in [0.717, 1.165) is 79.0 Å². The summed E-state index contributed by atoms with van der Waals surface area (Å²) in [6.07, 6.45) is 6.00. The average molecular weight is 562 g/mol. The Morgan fingerprint density at radius 2 is 2.05 bits per heavy atom. The molecule has 2 aliphatic rings. The molecule has 196 valence electrons. The van der Waals surface area contributed by atoms with E-state index in [1.165, 1.54) is 5.56 Å². The molecule has 4 heterocycles. The van der Waals surface area contributed by atoms with E-state index in [1.54, 1.807) is 35.9 Å². The zero-order valence-corrected chi connectivity index (χ0v) is 23.1. The van der Waals surface area contributed by atoms with Crippen molar-refractivity contribution < 1.29 is 9.53 Å². The monoisotopic (exact) mass is 560 g/mol. The largest absolute Gasteiger partial charge is 0.379 e. The Morgan fingerprint density at radius 1 is 1.22 bits per heavy atom. The second kappa shape index (κ2) is 12.1. The summed E-state index contributed by atoms with van der Waals surface area (Å²) < 4.78 is 5.41. The molecule has 5 rings (SSSR count). The minimum absolute atomic E-state index is 0.0462. The summed E-state index contributed by atoms with van der Waals surface area (Å²) in [7, 11) is 2.09. The lowest BCUT2D eigenvalue weighted by molar-refractivity contribution is -0.126. The fourth-order valence-corrected chi connectivity index (χ4v) is 6.09. The Hall–Kier alpha value is -2.27. The molecular weight excluding hydrogens is 531 g/mol. The molecular formula is C26H30Cl2N6O2S. The maximum atomic E-state index is 12.9. The lowest BCUT2D eigenvalue weighted by Crippen LogP contribution is -2.40. The van der Waals surface area contributed by atoms with Crippen LogP contribution in [0.25, 0.3) is 10.2 Å². The number of halogens is 2. The third-order valence-corrected chi connectivity index (χ3v) is 8.57. The molecule has 3 aromatic rings. The number of fused-ring (bicyclic) bond motifs is 3. The van der Waals surface area contributed by atoms with Gasteiger partial charge in [0.1, 0.15) is 17.0 Å². The molecule has 1 aromatic carbocycles. The van der Waals surface area contributed by atoms with Crippen LogP contribution in [0.2, 0.25) is 10.0 Å². The van der Waals surface area contributed by atoms with E-state index in [9.17, 15) is 4.79 Å². The van der Waals surface area contributed by atoms with E-state index in [1.807, 2.05) is 17.0 Å². The van der Waals surface area contributed by atoms with Crippen LogP contribution in [0.4, 0.5) is 11.5 Å². The van der Waals surface area contributed by atoms with Gasteiger partial charge in [-0.3, -0.25) is 9.69 Å². The zero-order valence-electron chi connectivity index (χ0n) is 20.8. The van der Waals surface area contributed by atoms with Crippen LogP contribution in [0.15, 0.2) is 36.7 Å². The van der Waals surface area contributed by atoms with E-state index in [-0.39, 0.29) is 5.91 Å². The van der Waals surface area contributed by atoms with Crippen molar-refractivity contribution in [3.05, 3.63) is 57.2 Å². The Balaban J connectivity index is 1.20. The topological polar surface area (TPSA) is 73.8 Å². The summed E-state index contributed by atoms with van der Waals surface area (Å²) in [5.41, 5.74) is 2.01. The minimum atomic E-state index is 0.0462. The van der Waals surface area contributed by atoms with Gasteiger partial charge in [-0.15, -0.1) is 11.3 Å². The molecule has 11 heteroatoms. The van der Waals surface area contributed by atoms with Gasteiger partial charge >= 0.3 is 0 Å². The predicted molar refractivity (Wildman–Crippen MR) is 150 cm³/mol. The summed E-state index contributed by atoms with van der Waals surface area (Å²) in [6, 6.07) is 5.41. The number of hydrogen-bond donors (Lipinski definition) is 1. The number of rotatable bonds is 8. The molecule has 1 amide bonds. The molecule has 0 bridgehead atoms. The summed E-state index contributed by atoms with van der Waals surface area (Å²) in [4.78, 5) is 30.5. The average Bonchev–Trinajstić information content (AvgIpc) is 3.29. The van der Waals surface area contributed by atoms with Crippen LogP contribution in [0.5, 0.6) is 0 Å². The van der Waals surface area contributed by atoms with Gasteiger partial charge in [-0.05, 0) is 37.2 Å². The van der Waals surface area contributed by atoms with Gasteiger partial charge in [0.25, 0.3) is 0 Å². The fourth-order valence-electron chi connectivity index (χ4n) is 4.59. The second-order valence-electron chi connectivity index (χ2n) is 9.29. The van der Waals surface area contributed by atoms with Crippen molar-refractivity contribution in [2.75, 3.05) is 64.8 Å². The van der Waals surface area contributed by atoms with Crippen LogP contribution < -0.4 is 5.32 Å². The lowest BCUT2D eigenvalue weighted by atomic mass is 10.0. The van der Waals surface area contributed by atoms with Crippen LogP contribution in [-0.2, 0) is 22.5 Å². The fraction of sp³-hybridized carbons (Fsp3) is 0.423. The first-order valence-corrected chi connectivity index (χ1v) is 14.0. The first-order chi connectivity index (χ1) is 18.0. The lowest BCUT2D eigenvalue weighted by Gasteiger charge is -2.28. The number of hydrogen-bond acceptors (Lipinski definition) is 8. The molecule has 2 aromatic heterocycles. The van der Waals surface area contributed by atoms with Gasteiger partial charge in [-0.1, -0.05) is 29.3 Å². The quantitative estimate of drug-likeness (QED) is 0.408. The second-order valence-corrected chi connectivity index (χ2v) is 11.2. The highest BCUT2D eigenvalue weighted by molar-refractivity contribution is 7.19. The maximum Gasteiger partial charge on any atom is 0.246 e. The highest BCUT2D eigenvalue weighted by atomic mass is 35.5. The zero-order chi connectivity index (χ0) is 25.8. The van der Waals surface area contributed by atoms with Crippen molar-refractivity contribution in [3.63, 3.8) is 0 Å². The third-order valence-electron chi connectivity index (χ3n) is 6.71. The predicted octanol–water partition coefficient (Wildman–Crippen LogP) is 4.45. The molecule has 1 saturated heterocycles. The van der Waals surface area contributed by atoms with Crippen molar-refractivity contribution in [3.8, 4) is 0 Å². The van der Waals surface area contributed by atoms with E-state index < -0.39 is 0 Å². The smallest absolute Gasteiger partial charge is 0.246 e. The van der Waals surface area contributed by atoms with Crippen molar-refractivity contribution in [2.45, 2.75) is 13.0 Å². The molecule has 1 fully saturated rings. The molecule has 2 aliphatic heterocycles. The number of ether oxygens (including phenoxy) is 1. The summed E-state index contributed by atoms with van der Waals surface area (Å²) >= 11 is 13.9. The number of amides is 1. The molecule has 0 atom stereocenters. The number of thiophene rings is 1. The van der Waals surface area contributed by atoms with Gasteiger partial charge in [0.05, 0.1) is 35.2 Å². The van der Waals surface area contributed by atoms with E-state index in [0.29, 0.717) is 23.1 Å². The van der Waals surface area contributed by atoms with Gasteiger partial charge in [-0.25, -0.2) is 9.97 Å². The number of carbonyl (C=O) groups excluding carboxylic acids is 1. The number of likely N-dealkylation sites (N-methyl/N-ethyl adjacent to an activating group) is 1. The van der Waals surface area contributed by atoms with Crippen molar-refractivity contribution in [2.24, 2.45) is 0 Å². The van der Waals surface area contributed by atoms with Crippen LogP contribution >= 0.6 is 34.5 Å². The highest BCUT2D eigenvalue weighted by Crippen LogP contribution is 2.38. The molecule has 0 aliphatic carbocycles. The normalized spacial score (nSPS) is 16.6. The van der Waals surface area contributed by atoms with E-state index in [4.69, 9.17) is 27.9 Å². The first kappa shape index (κ1) is 26.3. The summed E-state index contributed by atoms with van der Waals surface area (Å²) in [5.74, 6) is 0.783. The molecule has 8 nitrogen and oxygen atoms in total. The highest BCUT2D eigenvalue weighted by Gasteiger charge is 2.25. The van der Waals surface area contributed by atoms with Crippen LogP contribution in [0.3, 0.4) is 0 Å². The van der Waals surface area contributed by atoms with Crippen LogP contribution in [0, 0.1) is 0 Å². The van der Waals surface area contributed by atoms with E-state index >= 15 is 0 Å². The van der Waals surface area contributed by atoms with Crippen molar-refractivity contribution in [1.29, 1.82) is 0 Å². The summed E-state index contributed by atoms with van der Waals surface area (Å²) in [5, 5.41) is 5.36. The van der Waals surface area contributed by atoms with Gasteiger partial charge in [0.2, 0.25) is 5.91 Å². The molecule has 0 radical (unpaired) electrons. The van der Waals surface area contributed by atoms with Crippen molar-refractivity contribution in [1.82, 2.24) is 24.7 Å². The Labute approximate surface area is 230 Å². The number of carbonyl (C=O) groups is 1. The number of nitrogens with zero attached hydrogens (tertiary/aromatic N) is 5.